The van der Waals surface area contributed by atoms with Gasteiger partial charge in [0.1, 0.15) is 17.3 Å². The van der Waals surface area contributed by atoms with Gasteiger partial charge >= 0.3 is 0 Å². The molecule has 5 nitrogen and oxygen atoms in total. The molecule has 1 aromatic carbocycles. The monoisotopic (exact) mass is 286 g/mol. The average Bonchev–Trinajstić information content (AvgIpc) is 2.97. The number of fused-ring (bicyclic) bond motifs is 1. The third-order valence-electron chi connectivity index (χ3n) is 3.79. The molecule has 0 fully saturated rings. The number of aromatic amines is 1. The minimum Gasteiger partial charge on any atom is -0.493 e. The van der Waals surface area contributed by atoms with Gasteiger partial charge in [-0.15, -0.1) is 0 Å². The van der Waals surface area contributed by atoms with Crippen molar-refractivity contribution >= 4 is 11.0 Å². The van der Waals surface area contributed by atoms with Crippen LogP contribution >= 0.6 is 0 Å². The fourth-order valence-corrected chi connectivity index (χ4v) is 2.60. The molecule has 21 heavy (non-hydrogen) atoms. The highest BCUT2D eigenvalue weighted by Crippen LogP contribution is 2.35. The Bertz CT molecular complexity index is 774. The molecule has 0 saturated heterocycles. The molecule has 0 aliphatic rings. The fraction of sp³-hybridized carbons (Fsp3) is 0.312. The Morgan fingerprint density at radius 2 is 1.67 bits per heavy atom. The van der Waals surface area contributed by atoms with E-state index in [1.165, 1.54) is 0 Å². The SMILES string of the molecule is COc1cc2nc(-c3c(C)oc(C)c3C)[nH]c2cc1OC. The molecule has 2 heterocycles. The van der Waals surface area contributed by atoms with E-state index >= 15 is 0 Å². The summed E-state index contributed by atoms with van der Waals surface area (Å²) in [6, 6.07) is 3.76. The lowest BCUT2D eigenvalue weighted by Crippen LogP contribution is -1.89. The Balaban J connectivity index is 2.21. The Labute approximate surface area is 122 Å². The van der Waals surface area contributed by atoms with E-state index in [2.05, 4.69) is 9.97 Å². The van der Waals surface area contributed by atoms with E-state index in [1.807, 2.05) is 32.9 Å². The maximum absolute atomic E-state index is 5.68. The Kier molecular flexibility index (Phi) is 3.12. The summed E-state index contributed by atoms with van der Waals surface area (Å²) in [4.78, 5) is 7.98. The van der Waals surface area contributed by atoms with E-state index in [0.29, 0.717) is 11.5 Å². The second-order valence-electron chi connectivity index (χ2n) is 5.02. The standard InChI is InChI=1S/C16H18N2O3/c1-8-9(2)21-10(3)15(8)16-17-11-6-13(19-4)14(20-5)7-12(11)18-16/h6-7H,1-5H3,(H,17,18). The summed E-state index contributed by atoms with van der Waals surface area (Å²) in [7, 11) is 3.24. The van der Waals surface area contributed by atoms with Crippen LogP contribution < -0.4 is 9.47 Å². The number of H-pyrrole nitrogens is 1. The largest absolute Gasteiger partial charge is 0.493 e. The van der Waals surface area contributed by atoms with Gasteiger partial charge in [-0.25, -0.2) is 4.98 Å². The van der Waals surface area contributed by atoms with Crippen molar-refractivity contribution in [3.05, 3.63) is 29.2 Å². The molecule has 5 heteroatoms. The van der Waals surface area contributed by atoms with Gasteiger partial charge in [0.05, 0.1) is 30.8 Å². The second kappa shape index (κ2) is 4.84. The molecule has 0 atom stereocenters. The quantitative estimate of drug-likeness (QED) is 0.796. The zero-order valence-electron chi connectivity index (χ0n) is 12.8. The molecule has 0 aliphatic heterocycles. The lowest BCUT2D eigenvalue weighted by molar-refractivity contribution is 0.356. The first-order chi connectivity index (χ1) is 10.0. The molecule has 1 N–H and O–H groups in total. The van der Waals surface area contributed by atoms with Crippen molar-refractivity contribution in [1.82, 2.24) is 9.97 Å². The number of benzene rings is 1. The summed E-state index contributed by atoms with van der Waals surface area (Å²) in [6.07, 6.45) is 0. The van der Waals surface area contributed by atoms with Crippen LogP contribution in [-0.4, -0.2) is 24.2 Å². The van der Waals surface area contributed by atoms with Crippen LogP contribution in [0, 0.1) is 20.8 Å². The van der Waals surface area contributed by atoms with Gasteiger partial charge in [-0.05, 0) is 20.8 Å². The molecule has 0 amide bonds. The zero-order valence-corrected chi connectivity index (χ0v) is 12.8. The number of nitrogens with one attached hydrogen (secondary N) is 1. The number of aromatic nitrogens is 2. The molecular weight excluding hydrogens is 268 g/mol. The number of hydrogen-bond acceptors (Lipinski definition) is 4. The molecule has 0 saturated carbocycles. The van der Waals surface area contributed by atoms with Crippen LogP contribution in [0.15, 0.2) is 16.5 Å². The minimum atomic E-state index is 0.667. The van der Waals surface area contributed by atoms with Crippen LogP contribution in [0.3, 0.4) is 0 Å². The van der Waals surface area contributed by atoms with E-state index in [0.717, 1.165) is 39.5 Å². The molecule has 2 aromatic heterocycles. The van der Waals surface area contributed by atoms with Gasteiger partial charge < -0.3 is 18.9 Å². The number of imidazole rings is 1. The summed E-state index contributed by atoms with van der Waals surface area (Å²) in [5.41, 5.74) is 3.85. The molecule has 3 rings (SSSR count). The van der Waals surface area contributed by atoms with Crippen molar-refractivity contribution in [2.75, 3.05) is 14.2 Å². The van der Waals surface area contributed by atoms with E-state index in [1.54, 1.807) is 14.2 Å². The lowest BCUT2D eigenvalue weighted by Gasteiger charge is -2.06. The normalized spacial score (nSPS) is 11.1. The first-order valence-electron chi connectivity index (χ1n) is 6.73. The van der Waals surface area contributed by atoms with Crippen LogP contribution in [-0.2, 0) is 0 Å². The van der Waals surface area contributed by atoms with Crippen molar-refractivity contribution in [2.45, 2.75) is 20.8 Å². The maximum Gasteiger partial charge on any atom is 0.163 e. The van der Waals surface area contributed by atoms with Crippen LogP contribution in [0.5, 0.6) is 11.5 Å². The summed E-state index contributed by atoms with van der Waals surface area (Å²) < 4.78 is 16.3. The third-order valence-corrected chi connectivity index (χ3v) is 3.79. The molecule has 0 radical (unpaired) electrons. The van der Waals surface area contributed by atoms with Crippen molar-refractivity contribution in [3.63, 3.8) is 0 Å². The van der Waals surface area contributed by atoms with Crippen molar-refractivity contribution in [2.24, 2.45) is 0 Å². The van der Waals surface area contributed by atoms with Gasteiger partial charge in [0, 0.05) is 17.7 Å². The molecule has 0 unspecified atom stereocenters. The highest BCUT2D eigenvalue weighted by Gasteiger charge is 2.17. The first-order valence-corrected chi connectivity index (χ1v) is 6.73. The van der Waals surface area contributed by atoms with Crippen LogP contribution in [0.2, 0.25) is 0 Å². The number of furan rings is 1. The molecule has 0 aliphatic carbocycles. The van der Waals surface area contributed by atoms with Gasteiger partial charge in [0.25, 0.3) is 0 Å². The summed E-state index contributed by atoms with van der Waals surface area (Å²) in [6.45, 7) is 5.94. The minimum absolute atomic E-state index is 0.667. The smallest absolute Gasteiger partial charge is 0.163 e. The summed E-state index contributed by atoms with van der Waals surface area (Å²) in [5.74, 6) is 3.92. The van der Waals surface area contributed by atoms with Crippen molar-refractivity contribution in [1.29, 1.82) is 0 Å². The number of nitrogens with zero attached hydrogens (tertiary/aromatic N) is 1. The molecule has 0 bridgehead atoms. The van der Waals surface area contributed by atoms with Gasteiger partial charge in [0.2, 0.25) is 0 Å². The lowest BCUT2D eigenvalue weighted by atomic mass is 10.1. The van der Waals surface area contributed by atoms with E-state index in [9.17, 15) is 0 Å². The first kappa shape index (κ1) is 13.5. The highest BCUT2D eigenvalue weighted by atomic mass is 16.5. The van der Waals surface area contributed by atoms with Crippen molar-refractivity contribution in [3.8, 4) is 22.9 Å². The van der Waals surface area contributed by atoms with Crippen LogP contribution in [0.4, 0.5) is 0 Å². The maximum atomic E-state index is 5.68. The number of methoxy groups -OCH3 is 2. The van der Waals surface area contributed by atoms with Gasteiger partial charge in [-0.3, -0.25) is 0 Å². The van der Waals surface area contributed by atoms with E-state index < -0.39 is 0 Å². The number of rotatable bonds is 3. The van der Waals surface area contributed by atoms with Crippen LogP contribution in [0.25, 0.3) is 22.4 Å². The molecule has 3 aromatic rings. The average molecular weight is 286 g/mol. The second-order valence-corrected chi connectivity index (χ2v) is 5.02. The Morgan fingerprint density at radius 3 is 2.24 bits per heavy atom. The summed E-state index contributed by atoms with van der Waals surface area (Å²) in [5, 5.41) is 0. The Hall–Kier alpha value is -2.43. The fourth-order valence-electron chi connectivity index (χ4n) is 2.60. The predicted molar refractivity (Wildman–Crippen MR) is 81.1 cm³/mol. The zero-order chi connectivity index (χ0) is 15.1. The number of aryl methyl sites for hydroxylation is 2. The van der Waals surface area contributed by atoms with E-state index in [-0.39, 0.29) is 0 Å². The number of ether oxygens (including phenoxy) is 2. The van der Waals surface area contributed by atoms with Crippen LogP contribution in [0.1, 0.15) is 17.1 Å². The molecule has 110 valence electrons. The summed E-state index contributed by atoms with van der Waals surface area (Å²) >= 11 is 0. The highest BCUT2D eigenvalue weighted by molar-refractivity contribution is 5.83. The van der Waals surface area contributed by atoms with E-state index in [4.69, 9.17) is 13.9 Å². The van der Waals surface area contributed by atoms with Gasteiger partial charge in [-0.1, -0.05) is 0 Å². The third kappa shape index (κ3) is 2.05. The van der Waals surface area contributed by atoms with Gasteiger partial charge in [-0.2, -0.15) is 0 Å². The van der Waals surface area contributed by atoms with Gasteiger partial charge in [0.15, 0.2) is 11.5 Å². The predicted octanol–water partition coefficient (Wildman–Crippen LogP) is 3.77. The molecule has 0 spiro atoms. The Morgan fingerprint density at radius 1 is 1.00 bits per heavy atom. The number of hydrogen-bond donors (Lipinski definition) is 1. The topological polar surface area (TPSA) is 60.3 Å². The molecular formula is C16H18N2O3. The van der Waals surface area contributed by atoms with Crippen molar-refractivity contribution < 1.29 is 13.9 Å².